The van der Waals surface area contributed by atoms with E-state index >= 15 is 0 Å². The summed E-state index contributed by atoms with van der Waals surface area (Å²) in [6.45, 7) is 0.257. The van der Waals surface area contributed by atoms with Gasteiger partial charge in [-0.25, -0.2) is 0 Å². The first-order chi connectivity index (χ1) is 14.0. The van der Waals surface area contributed by atoms with Crippen LogP contribution in [0, 0.1) is 0 Å². The van der Waals surface area contributed by atoms with Crippen LogP contribution in [0.4, 0.5) is 0 Å². The predicted octanol–water partition coefficient (Wildman–Crippen LogP) is 3.90. The van der Waals surface area contributed by atoms with E-state index in [2.05, 4.69) is 5.32 Å². The molecule has 0 spiro atoms. The number of methoxy groups -OCH3 is 2. The van der Waals surface area contributed by atoms with Crippen LogP contribution in [0.3, 0.4) is 0 Å². The molecule has 1 saturated heterocycles. The van der Waals surface area contributed by atoms with Crippen LogP contribution in [-0.2, 0) is 11.3 Å². The Balaban J connectivity index is 1.54. The maximum Gasteiger partial charge on any atom is 0.260 e. The lowest BCUT2D eigenvalue weighted by Crippen LogP contribution is -2.45. The van der Waals surface area contributed by atoms with E-state index in [0.29, 0.717) is 32.9 Å². The van der Waals surface area contributed by atoms with Gasteiger partial charge in [0.15, 0.2) is 11.5 Å². The highest BCUT2D eigenvalue weighted by Crippen LogP contribution is 2.52. The molecule has 4 rings (SSSR count). The number of nitrogens with one attached hydrogen (secondary N) is 1. The van der Waals surface area contributed by atoms with Crippen LogP contribution in [0.15, 0.2) is 30.3 Å². The van der Waals surface area contributed by atoms with Crippen LogP contribution in [-0.4, -0.2) is 42.7 Å². The third-order valence-electron chi connectivity index (χ3n) is 5.06. The Morgan fingerprint density at radius 2 is 2.03 bits per heavy atom. The van der Waals surface area contributed by atoms with E-state index in [4.69, 9.17) is 32.7 Å². The summed E-state index contributed by atoms with van der Waals surface area (Å²) in [6.07, 6.45) is 0. The molecule has 2 aromatic carbocycles. The fraction of sp³-hybridized carbons (Fsp3) is 0.300. The number of fused-ring (bicyclic) bond motifs is 3. The Labute approximate surface area is 182 Å². The number of amides is 2. The number of thioether (sulfide) groups is 1. The van der Waals surface area contributed by atoms with Crippen molar-refractivity contribution in [1.82, 2.24) is 10.2 Å². The molecule has 2 atom stereocenters. The number of benzene rings is 2. The average Bonchev–Trinajstić information content (AvgIpc) is 3.26. The molecule has 6 nitrogen and oxygen atoms in total. The van der Waals surface area contributed by atoms with Crippen molar-refractivity contribution < 1.29 is 19.1 Å². The van der Waals surface area contributed by atoms with Gasteiger partial charge in [0.2, 0.25) is 5.91 Å². The number of nitrogens with zero attached hydrogens (tertiary/aromatic N) is 1. The lowest BCUT2D eigenvalue weighted by atomic mass is 10.1. The van der Waals surface area contributed by atoms with Gasteiger partial charge in [-0.05, 0) is 23.8 Å². The van der Waals surface area contributed by atoms with Crippen molar-refractivity contribution in [3.8, 4) is 11.5 Å². The van der Waals surface area contributed by atoms with E-state index in [1.165, 1.54) is 14.2 Å². The second kappa shape index (κ2) is 7.97. The molecule has 0 aliphatic carbocycles. The van der Waals surface area contributed by atoms with E-state index in [1.807, 2.05) is 6.07 Å². The Kier molecular flexibility index (Phi) is 5.55. The molecule has 9 heteroatoms. The second-order valence-electron chi connectivity index (χ2n) is 6.63. The molecule has 2 aliphatic rings. The highest BCUT2D eigenvalue weighted by atomic mass is 35.5. The monoisotopic (exact) mass is 452 g/mol. The molecule has 1 fully saturated rings. The zero-order valence-corrected chi connectivity index (χ0v) is 18.0. The van der Waals surface area contributed by atoms with Crippen molar-refractivity contribution in [3.63, 3.8) is 0 Å². The van der Waals surface area contributed by atoms with E-state index in [-0.39, 0.29) is 23.7 Å². The molecule has 2 aliphatic heterocycles. The molecule has 2 amide bonds. The Hall–Kier alpha value is -2.09. The lowest BCUT2D eigenvalue weighted by molar-refractivity contribution is -0.124. The first-order valence-corrected chi connectivity index (χ1v) is 10.7. The molecule has 1 N–H and O–H groups in total. The van der Waals surface area contributed by atoms with Crippen LogP contribution < -0.4 is 14.8 Å². The fourth-order valence-electron chi connectivity index (χ4n) is 3.66. The summed E-state index contributed by atoms with van der Waals surface area (Å²) in [6, 6.07) is 8.19. The summed E-state index contributed by atoms with van der Waals surface area (Å²) in [5, 5.41) is 3.68. The average molecular weight is 453 g/mol. The topological polar surface area (TPSA) is 67.9 Å². The SMILES string of the molecule is COc1ccc2c(c1OC)C(=O)N1C2SC[C@H]1C(=O)NCc1ccc(Cl)cc1Cl. The number of hydrogen-bond donors (Lipinski definition) is 1. The maximum atomic E-state index is 13.2. The third kappa shape index (κ3) is 3.41. The van der Waals surface area contributed by atoms with Gasteiger partial charge in [-0.15, -0.1) is 11.8 Å². The molecule has 2 aromatic rings. The molecular weight excluding hydrogens is 435 g/mol. The smallest absolute Gasteiger partial charge is 0.260 e. The van der Waals surface area contributed by atoms with Gasteiger partial charge in [0.1, 0.15) is 11.4 Å². The number of ether oxygens (including phenoxy) is 2. The normalized spacial score (nSPS) is 19.7. The van der Waals surface area contributed by atoms with E-state index < -0.39 is 6.04 Å². The molecule has 0 saturated carbocycles. The van der Waals surface area contributed by atoms with Crippen molar-refractivity contribution in [3.05, 3.63) is 57.1 Å². The van der Waals surface area contributed by atoms with Gasteiger partial charge in [-0.1, -0.05) is 35.3 Å². The van der Waals surface area contributed by atoms with Crippen molar-refractivity contribution in [2.75, 3.05) is 20.0 Å². The first kappa shape index (κ1) is 20.2. The zero-order valence-electron chi connectivity index (χ0n) is 15.7. The maximum absolute atomic E-state index is 13.2. The minimum atomic E-state index is -0.577. The highest BCUT2D eigenvalue weighted by molar-refractivity contribution is 7.99. The predicted molar refractivity (Wildman–Crippen MR) is 113 cm³/mol. The van der Waals surface area contributed by atoms with Crippen LogP contribution >= 0.6 is 35.0 Å². The zero-order chi connectivity index (χ0) is 20.7. The summed E-state index contributed by atoms with van der Waals surface area (Å²) in [5.74, 6) is 0.958. The quantitative estimate of drug-likeness (QED) is 0.744. The van der Waals surface area contributed by atoms with Gasteiger partial charge >= 0.3 is 0 Å². The number of hydrogen-bond acceptors (Lipinski definition) is 5. The second-order valence-corrected chi connectivity index (χ2v) is 8.59. The summed E-state index contributed by atoms with van der Waals surface area (Å²) in [5.41, 5.74) is 2.06. The van der Waals surface area contributed by atoms with Gasteiger partial charge in [-0.3, -0.25) is 9.59 Å². The van der Waals surface area contributed by atoms with E-state index in [9.17, 15) is 9.59 Å². The molecule has 0 bridgehead atoms. The standard InChI is InChI=1S/C20H18Cl2N2O4S/c1-27-15-6-5-12-16(17(15)28-2)19(26)24-14(9-29-20(12)24)18(25)23-8-10-3-4-11(21)7-13(10)22/h3-7,14,20H,8-9H2,1-2H3,(H,23,25)/t14-,20?/m0/s1. The van der Waals surface area contributed by atoms with Gasteiger partial charge < -0.3 is 19.7 Å². The summed E-state index contributed by atoms with van der Waals surface area (Å²) < 4.78 is 10.7. The first-order valence-electron chi connectivity index (χ1n) is 8.87. The lowest BCUT2D eigenvalue weighted by Gasteiger charge is -2.22. The summed E-state index contributed by atoms with van der Waals surface area (Å²) in [7, 11) is 3.03. The van der Waals surface area contributed by atoms with Crippen LogP contribution in [0.5, 0.6) is 11.5 Å². The number of carbonyl (C=O) groups excluding carboxylic acids is 2. The number of carbonyl (C=O) groups is 2. The molecule has 1 unspecified atom stereocenters. The van der Waals surface area contributed by atoms with Crippen LogP contribution in [0.2, 0.25) is 10.0 Å². The van der Waals surface area contributed by atoms with Crippen LogP contribution in [0.1, 0.15) is 26.9 Å². The van der Waals surface area contributed by atoms with Crippen molar-refractivity contribution in [2.24, 2.45) is 0 Å². The highest BCUT2D eigenvalue weighted by Gasteiger charge is 2.50. The minimum absolute atomic E-state index is 0.216. The van der Waals surface area contributed by atoms with Crippen LogP contribution in [0.25, 0.3) is 0 Å². The largest absolute Gasteiger partial charge is 0.493 e. The number of rotatable bonds is 5. The van der Waals surface area contributed by atoms with Gasteiger partial charge in [0, 0.05) is 27.9 Å². The molecule has 0 aromatic heterocycles. The Bertz CT molecular complexity index is 1000. The van der Waals surface area contributed by atoms with E-state index in [1.54, 1.807) is 40.9 Å². The van der Waals surface area contributed by atoms with Crippen molar-refractivity contribution in [2.45, 2.75) is 18.0 Å². The fourth-order valence-corrected chi connectivity index (χ4v) is 5.59. The molecule has 2 heterocycles. The Morgan fingerprint density at radius 3 is 2.72 bits per heavy atom. The van der Waals surface area contributed by atoms with Gasteiger partial charge in [-0.2, -0.15) is 0 Å². The Morgan fingerprint density at radius 1 is 1.24 bits per heavy atom. The molecule has 0 radical (unpaired) electrons. The van der Waals surface area contributed by atoms with Gasteiger partial charge in [0.25, 0.3) is 5.91 Å². The summed E-state index contributed by atoms with van der Waals surface area (Å²) >= 11 is 13.7. The molecule has 29 heavy (non-hydrogen) atoms. The summed E-state index contributed by atoms with van der Waals surface area (Å²) in [4.78, 5) is 27.7. The van der Waals surface area contributed by atoms with Crippen molar-refractivity contribution >= 4 is 46.8 Å². The molecule has 152 valence electrons. The van der Waals surface area contributed by atoms with E-state index in [0.717, 1.165) is 11.1 Å². The minimum Gasteiger partial charge on any atom is -0.493 e. The van der Waals surface area contributed by atoms with Gasteiger partial charge in [0.05, 0.1) is 19.8 Å². The van der Waals surface area contributed by atoms with Crippen molar-refractivity contribution in [1.29, 1.82) is 0 Å². The number of halogens is 2. The molecular formula is C20H18Cl2N2O4S. The third-order valence-corrected chi connectivity index (χ3v) is 6.96.